The first kappa shape index (κ1) is 63.2. The fraction of sp³-hybridized carbons (Fsp3) is 0.605. The number of aliphatic carboxylic acids is 1. The molecule has 76 heavy (non-hydrogen) atoms. The Hall–Kier alpha value is -7.07. The summed E-state index contributed by atoms with van der Waals surface area (Å²) < 4.78 is 0. The number of nitrogens with zero attached hydrogens (tertiary/aromatic N) is 1. The molecule has 2 saturated heterocycles. The van der Waals surface area contributed by atoms with E-state index < -0.39 is 188 Å². The van der Waals surface area contributed by atoms with Crippen LogP contribution < -0.4 is 65.1 Å². The van der Waals surface area contributed by atoms with E-state index >= 15 is 0 Å². The summed E-state index contributed by atoms with van der Waals surface area (Å²) in [4.78, 5) is 177. The van der Waals surface area contributed by atoms with Crippen molar-refractivity contribution in [2.24, 2.45) is 17.2 Å². The molecule has 0 aliphatic carbocycles. The van der Waals surface area contributed by atoms with Crippen molar-refractivity contribution in [1.29, 1.82) is 0 Å². The number of hydrogen-bond acceptors (Lipinski definition) is 19. The first-order chi connectivity index (χ1) is 35.7. The van der Waals surface area contributed by atoms with Crippen LogP contribution in [-0.4, -0.2) is 211 Å². The maximum atomic E-state index is 14.2. The molecule has 1 aromatic rings. The number of nitrogens with one attached hydrogen (secondary N) is 10. The highest BCUT2D eigenvalue weighted by Crippen LogP contribution is 2.24. The largest absolute Gasteiger partial charge is 0.480 e. The Morgan fingerprint density at radius 1 is 0.711 bits per heavy atom. The molecule has 0 saturated carbocycles. The lowest BCUT2D eigenvalue weighted by atomic mass is 10.0. The van der Waals surface area contributed by atoms with E-state index in [4.69, 9.17) is 17.2 Å². The number of carboxylic acids is 1. The number of aliphatic hydroxyl groups is 3. The molecule has 31 nitrogen and oxygen atoms in total. The van der Waals surface area contributed by atoms with Gasteiger partial charge in [0.05, 0.1) is 31.3 Å². The number of amides is 12. The van der Waals surface area contributed by atoms with Gasteiger partial charge in [-0.3, -0.25) is 62.3 Å². The van der Waals surface area contributed by atoms with Gasteiger partial charge in [0.15, 0.2) is 0 Å². The standard InChI is InChI=1S/C43H66N14O17S2/c1-18(58)32-41(72)52-24(12-29(46)62)37(68)50-22(6-7-28(45)61)36(67)54-33(19(2)59)42(73)53-25(35(66)48-15-31(64)65)16-75-76-17-26(49-30(63)13-44)39(70)56-34(20(3)60)43(74)57-10-4-5-27(57)40(71)51-23(38(69)55-32)11-21-8-9-47-14-21/h8-9,14,18-20,22-27,32-34,47,58-60H,4-7,10-13,15-17,44H2,1-3H3,(H2,45,61)(H2,46,62)(H,48,66)(H,49,63)(H,50,68)(H,51,71)(H,52,72)(H,53,73)(H,54,67)(H,55,69)(H,56,70)(H,64,65). The molecule has 20 N–H and O–H groups in total. The maximum absolute atomic E-state index is 14.2. The molecule has 0 spiro atoms. The van der Waals surface area contributed by atoms with E-state index in [2.05, 4.69) is 52.8 Å². The molecular weight excluding hydrogens is 1050 g/mol. The van der Waals surface area contributed by atoms with Crippen LogP contribution in [0.25, 0.3) is 0 Å². The fourth-order valence-electron chi connectivity index (χ4n) is 7.54. The van der Waals surface area contributed by atoms with Crippen LogP contribution in [0, 0.1) is 0 Å². The molecule has 12 amide bonds. The molecule has 422 valence electrons. The molecule has 2 aliphatic heterocycles. The molecule has 2 fully saturated rings. The maximum Gasteiger partial charge on any atom is 0.322 e. The van der Waals surface area contributed by atoms with E-state index in [1.54, 1.807) is 6.07 Å². The first-order valence-electron chi connectivity index (χ1n) is 23.6. The van der Waals surface area contributed by atoms with Crippen LogP contribution in [0.3, 0.4) is 0 Å². The topological polar surface area (TPSA) is 508 Å². The zero-order valence-corrected chi connectivity index (χ0v) is 43.2. The number of rotatable bonds is 15. The van der Waals surface area contributed by atoms with Crippen molar-refractivity contribution in [3.63, 3.8) is 0 Å². The van der Waals surface area contributed by atoms with Crippen LogP contribution >= 0.6 is 21.6 Å². The number of aromatic amines is 1. The summed E-state index contributed by atoms with van der Waals surface area (Å²) in [7, 11) is 1.62. The smallest absolute Gasteiger partial charge is 0.322 e. The minimum Gasteiger partial charge on any atom is -0.480 e. The fourth-order valence-corrected chi connectivity index (χ4v) is 9.87. The van der Waals surface area contributed by atoms with E-state index in [0.717, 1.165) is 40.3 Å². The van der Waals surface area contributed by atoms with Gasteiger partial charge in [0, 0.05) is 43.3 Å². The lowest BCUT2D eigenvalue weighted by Gasteiger charge is -2.32. The van der Waals surface area contributed by atoms with Crippen molar-refractivity contribution in [2.75, 3.05) is 31.1 Å². The summed E-state index contributed by atoms with van der Waals surface area (Å²) in [5.74, 6) is -15.4. The second-order valence-corrected chi connectivity index (χ2v) is 20.3. The van der Waals surface area contributed by atoms with Gasteiger partial charge < -0.3 is 95.4 Å². The molecule has 12 unspecified atom stereocenters. The van der Waals surface area contributed by atoms with Crippen molar-refractivity contribution in [3.8, 4) is 0 Å². The lowest BCUT2D eigenvalue weighted by molar-refractivity contribution is -0.144. The third kappa shape index (κ3) is 19.9. The van der Waals surface area contributed by atoms with Gasteiger partial charge in [-0.05, 0) is 51.7 Å². The minimum atomic E-state index is -1.97. The van der Waals surface area contributed by atoms with Crippen LogP contribution in [0.15, 0.2) is 18.5 Å². The van der Waals surface area contributed by atoms with E-state index in [1.165, 1.54) is 19.3 Å². The highest BCUT2D eigenvalue weighted by molar-refractivity contribution is 8.76. The first-order valence-corrected chi connectivity index (χ1v) is 26.1. The van der Waals surface area contributed by atoms with Crippen molar-refractivity contribution in [1.82, 2.24) is 57.7 Å². The van der Waals surface area contributed by atoms with Gasteiger partial charge in [-0.25, -0.2) is 0 Å². The minimum absolute atomic E-state index is 0.0299. The summed E-state index contributed by atoms with van der Waals surface area (Å²) >= 11 is 0. The van der Waals surface area contributed by atoms with E-state index in [1.807, 2.05) is 0 Å². The Morgan fingerprint density at radius 3 is 1.82 bits per heavy atom. The average Bonchev–Trinajstić information content (AvgIpc) is 4.06. The second kappa shape index (κ2) is 30.5. The van der Waals surface area contributed by atoms with Crippen LogP contribution in [0.1, 0.15) is 58.4 Å². The summed E-state index contributed by atoms with van der Waals surface area (Å²) in [6.07, 6.45) is -4.29. The van der Waals surface area contributed by atoms with Gasteiger partial charge in [-0.15, -0.1) is 0 Å². The zero-order chi connectivity index (χ0) is 57.0. The summed E-state index contributed by atoms with van der Waals surface area (Å²) in [6.45, 7) is 1.69. The molecular formula is C43H66N14O17S2. The lowest BCUT2D eigenvalue weighted by Crippen LogP contribution is -2.63. The van der Waals surface area contributed by atoms with Crippen LogP contribution in [0.5, 0.6) is 0 Å². The van der Waals surface area contributed by atoms with Gasteiger partial charge in [0.2, 0.25) is 70.9 Å². The SMILES string of the molecule is CC(O)C1NC(=O)C(CCC(N)=O)NC(=O)C(CC(N)=O)NC(=O)C(C(C)O)NC(=O)C(Cc2cc[nH]c2)NC(=O)C2CCCN2C(=O)C(C(C)O)NC(=O)C(NC(=O)CN)CSSCC(C(=O)NCC(=O)O)NC1=O. The van der Waals surface area contributed by atoms with Gasteiger partial charge >= 0.3 is 5.97 Å². The van der Waals surface area contributed by atoms with E-state index in [-0.39, 0.29) is 31.6 Å². The number of aromatic nitrogens is 1. The molecule has 33 heteroatoms. The summed E-state index contributed by atoms with van der Waals surface area (Å²) in [5.41, 5.74) is 16.7. The van der Waals surface area contributed by atoms with Crippen LogP contribution in [0.2, 0.25) is 0 Å². The number of carbonyl (C=O) groups excluding carboxylic acids is 12. The second-order valence-electron chi connectivity index (χ2n) is 17.7. The van der Waals surface area contributed by atoms with Crippen LogP contribution in [-0.2, 0) is 68.7 Å². The number of H-pyrrole nitrogens is 1. The number of hydrogen-bond donors (Lipinski definition) is 17. The predicted octanol–water partition coefficient (Wildman–Crippen LogP) is -8.74. The van der Waals surface area contributed by atoms with Gasteiger partial charge in [-0.1, -0.05) is 21.6 Å². The van der Waals surface area contributed by atoms with E-state index in [0.29, 0.717) is 5.56 Å². The van der Waals surface area contributed by atoms with Crippen molar-refractivity contribution in [3.05, 3.63) is 24.0 Å². The molecule has 3 heterocycles. The highest BCUT2D eigenvalue weighted by atomic mass is 33.1. The average molecular weight is 1120 g/mol. The Balaban J connectivity index is 2.17. The molecule has 0 bridgehead atoms. The van der Waals surface area contributed by atoms with Gasteiger partial charge in [-0.2, -0.15) is 0 Å². The number of primary amides is 2. The number of carbonyl (C=O) groups is 13. The molecule has 2 aliphatic rings. The Labute approximate surface area is 442 Å². The van der Waals surface area contributed by atoms with Crippen LogP contribution in [0.4, 0.5) is 0 Å². The highest BCUT2D eigenvalue weighted by Gasteiger charge is 2.42. The van der Waals surface area contributed by atoms with Crippen molar-refractivity contribution < 1.29 is 82.8 Å². The zero-order valence-electron chi connectivity index (χ0n) is 41.5. The summed E-state index contributed by atoms with van der Waals surface area (Å²) in [5, 5.41) is 62.2. The van der Waals surface area contributed by atoms with Crippen molar-refractivity contribution in [2.45, 2.75) is 132 Å². The van der Waals surface area contributed by atoms with Crippen molar-refractivity contribution >= 4 is 98.4 Å². The molecule has 3 rings (SSSR count). The third-order valence-electron chi connectivity index (χ3n) is 11.5. The number of carboxylic acid groups (broad SMARTS) is 1. The predicted molar refractivity (Wildman–Crippen MR) is 267 cm³/mol. The quantitative estimate of drug-likeness (QED) is 0.0725. The Bertz CT molecular complexity index is 2290. The molecule has 1 aromatic heterocycles. The Kier molecular flexibility index (Phi) is 25.3. The molecule has 0 aromatic carbocycles. The number of fused-ring (bicyclic) bond motifs is 1. The summed E-state index contributed by atoms with van der Waals surface area (Å²) in [6, 6.07) is -13.9. The molecule has 12 atom stereocenters. The normalized spacial score (nSPS) is 26.6. The third-order valence-corrected chi connectivity index (χ3v) is 14.0. The van der Waals surface area contributed by atoms with Gasteiger partial charge in [0.25, 0.3) is 0 Å². The van der Waals surface area contributed by atoms with Gasteiger partial charge in [0.1, 0.15) is 60.9 Å². The Morgan fingerprint density at radius 2 is 1.26 bits per heavy atom. The number of nitrogens with two attached hydrogens (primary N) is 3. The number of aliphatic hydroxyl groups excluding tert-OH is 3. The van der Waals surface area contributed by atoms with E-state index in [9.17, 15) is 82.8 Å². The monoisotopic (exact) mass is 1110 g/mol. The molecule has 0 radical (unpaired) electrons.